The van der Waals surface area contributed by atoms with E-state index in [-0.39, 0.29) is 0 Å². The SMILES string of the molecule is CCc1ccc(C(c2ccc(CC)cc2)(C(F)(F)F)C(F)(F)F)cc1. The molecule has 0 amide bonds. The minimum Gasteiger partial charge on any atom is -0.169 e. The summed E-state index contributed by atoms with van der Waals surface area (Å²) in [5.41, 5.74) is -4.37. The number of halogens is 6. The van der Waals surface area contributed by atoms with E-state index in [9.17, 15) is 26.3 Å². The molecule has 0 saturated heterocycles. The van der Waals surface area contributed by atoms with Crippen molar-refractivity contribution < 1.29 is 26.3 Å². The summed E-state index contributed by atoms with van der Waals surface area (Å²) in [6.07, 6.45) is -10.0. The molecule has 0 aliphatic heterocycles. The minimum absolute atomic E-state index is 0.524. The highest BCUT2D eigenvalue weighted by atomic mass is 19.4. The number of hydrogen-bond acceptors (Lipinski definition) is 0. The first-order chi connectivity index (χ1) is 11.6. The number of rotatable bonds is 4. The molecule has 25 heavy (non-hydrogen) atoms. The summed E-state index contributed by atoms with van der Waals surface area (Å²) in [5, 5.41) is 0. The first kappa shape index (κ1) is 19.3. The quantitative estimate of drug-likeness (QED) is 0.568. The van der Waals surface area contributed by atoms with Gasteiger partial charge in [-0.25, -0.2) is 0 Å². The summed E-state index contributed by atoms with van der Waals surface area (Å²) >= 11 is 0. The molecule has 0 heterocycles. The Hall–Kier alpha value is -1.98. The van der Waals surface area contributed by atoms with Crippen LogP contribution in [0, 0.1) is 0 Å². The van der Waals surface area contributed by atoms with Crippen molar-refractivity contribution in [3.8, 4) is 0 Å². The van der Waals surface area contributed by atoms with Crippen molar-refractivity contribution in [1.82, 2.24) is 0 Å². The average molecular weight is 360 g/mol. The largest absolute Gasteiger partial charge is 0.411 e. The number of benzene rings is 2. The van der Waals surface area contributed by atoms with Gasteiger partial charge in [0.25, 0.3) is 0 Å². The zero-order valence-corrected chi connectivity index (χ0v) is 13.8. The third-order valence-corrected chi connectivity index (χ3v) is 4.44. The lowest BCUT2D eigenvalue weighted by Gasteiger charge is -2.38. The Morgan fingerprint density at radius 1 is 0.560 bits per heavy atom. The summed E-state index contributed by atoms with van der Waals surface area (Å²) in [5.74, 6) is 0. The Kier molecular flexibility index (Phi) is 5.21. The molecule has 0 aliphatic rings. The van der Waals surface area contributed by atoms with E-state index in [1.807, 2.05) is 0 Å². The van der Waals surface area contributed by atoms with Crippen molar-refractivity contribution in [2.75, 3.05) is 0 Å². The van der Waals surface area contributed by atoms with Gasteiger partial charge in [-0.3, -0.25) is 0 Å². The molecular formula is C19H18F6. The molecule has 2 aromatic rings. The van der Waals surface area contributed by atoms with Gasteiger partial charge in [0.15, 0.2) is 0 Å². The van der Waals surface area contributed by atoms with Gasteiger partial charge in [0.2, 0.25) is 5.41 Å². The molecule has 136 valence electrons. The minimum atomic E-state index is -5.54. The Morgan fingerprint density at radius 3 is 1.04 bits per heavy atom. The van der Waals surface area contributed by atoms with E-state index in [2.05, 4.69) is 0 Å². The average Bonchev–Trinajstić information content (AvgIpc) is 2.54. The maximum atomic E-state index is 13.9. The first-order valence-corrected chi connectivity index (χ1v) is 7.90. The second-order valence-corrected chi connectivity index (χ2v) is 5.85. The van der Waals surface area contributed by atoms with Gasteiger partial charge >= 0.3 is 12.4 Å². The van der Waals surface area contributed by atoms with Crippen LogP contribution in [0.1, 0.15) is 36.1 Å². The summed E-state index contributed by atoms with van der Waals surface area (Å²) in [6, 6.07) is 8.93. The van der Waals surface area contributed by atoms with Crippen LogP contribution in [0.25, 0.3) is 0 Å². The van der Waals surface area contributed by atoms with Crippen LogP contribution in [0.15, 0.2) is 48.5 Å². The van der Waals surface area contributed by atoms with E-state index in [0.717, 1.165) is 24.3 Å². The van der Waals surface area contributed by atoms with E-state index in [4.69, 9.17) is 0 Å². The van der Waals surface area contributed by atoms with Crippen LogP contribution < -0.4 is 0 Å². The smallest absolute Gasteiger partial charge is 0.169 e. The molecule has 0 aliphatic carbocycles. The van der Waals surface area contributed by atoms with Gasteiger partial charge in [0.1, 0.15) is 0 Å². The molecule has 0 saturated carbocycles. The highest BCUT2D eigenvalue weighted by molar-refractivity contribution is 5.45. The number of alkyl halides is 6. The van der Waals surface area contributed by atoms with Crippen LogP contribution in [-0.4, -0.2) is 12.4 Å². The van der Waals surface area contributed by atoms with Gasteiger partial charge in [-0.2, -0.15) is 26.3 Å². The van der Waals surface area contributed by atoms with Crippen LogP contribution in [-0.2, 0) is 18.3 Å². The maximum absolute atomic E-state index is 13.9. The fourth-order valence-electron chi connectivity index (χ4n) is 2.96. The lowest BCUT2D eigenvalue weighted by atomic mass is 9.72. The molecule has 0 unspecified atom stereocenters. The van der Waals surface area contributed by atoms with Gasteiger partial charge < -0.3 is 0 Å². The molecule has 0 N–H and O–H groups in total. The standard InChI is InChI=1S/C19H18F6/c1-3-13-5-9-15(10-6-13)17(18(20,21)22,19(23,24)25)16-11-7-14(4-2)8-12-16/h5-12H,3-4H2,1-2H3. The zero-order chi connectivity index (χ0) is 18.9. The second kappa shape index (κ2) is 6.73. The van der Waals surface area contributed by atoms with Crippen molar-refractivity contribution in [2.45, 2.75) is 44.5 Å². The molecule has 0 atom stereocenters. The normalized spacial score (nSPS) is 13.1. The van der Waals surface area contributed by atoms with Gasteiger partial charge in [-0.15, -0.1) is 0 Å². The predicted molar refractivity (Wildman–Crippen MR) is 84.5 cm³/mol. The van der Waals surface area contributed by atoms with Crippen LogP contribution in [0.5, 0.6) is 0 Å². The van der Waals surface area contributed by atoms with Crippen LogP contribution >= 0.6 is 0 Å². The number of aryl methyl sites for hydroxylation is 2. The van der Waals surface area contributed by atoms with E-state index >= 15 is 0 Å². The first-order valence-electron chi connectivity index (χ1n) is 7.90. The van der Waals surface area contributed by atoms with E-state index < -0.39 is 28.9 Å². The van der Waals surface area contributed by atoms with Crippen molar-refractivity contribution in [1.29, 1.82) is 0 Å². The van der Waals surface area contributed by atoms with Crippen LogP contribution in [0.4, 0.5) is 26.3 Å². The van der Waals surface area contributed by atoms with Crippen molar-refractivity contribution in [2.24, 2.45) is 0 Å². The molecule has 0 radical (unpaired) electrons. The van der Waals surface area contributed by atoms with Crippen molar-refractivity contribution in [3.63, 3.8) is 0 Å². The van der Waals surface area contributed by atoms with Crippen molar-refractivity contribution in [3.05, 3.63) is 70.8 Å². The Morgan fingerprint density at radius 2 is 0.840 bits per heavy atom. The van der Waals surface area contributed by atoms with E-state index in [1.165, 1.54) is 24.3 Å². The van der Waals surface area contributed by atoms with Crippen LogP contribution in [0.2, 0.25) is 0 Å². The summed E-state index contributed by atoms with van der Waals surface area (Å²) in [4.78, 5) is 0. The predicted octanol–water partition coefficient (Wildman–Crippen LogP) is 6.22. The number of hydrogen-bond donors (Lipinski definition) is 0. The van der Waals surface area contributed by atoms with Crippen molar-refractivity contribution >= 4 is 0 Å². The summed E-state index contributed by atoms with van der Waals surface area (Å²) < 4.78 is 83.3. The highest BCUT2D eigenvalue weighted by Crippen LogP contribution is 2.56. The maximum Gasteiger partial charge on any atom is 0.411 e. The Bertz CT molecular complexity index is 629. The highest BCUT2D eigenvalue weighted by Gasteiger charge is 2.72. The monoisotopic (exact) mass is 360 g/mol. The third kappa shape index (κ3) is 3.26. The summed E-state index contributed by atoms with van der Waals surface area (Å²) in [6.45, 7) is 3.55. The second-order valence-electron chi connectivity index (χ2n) is 5.85. The van der Waals surface area contributed by atoms with Gasteiger partial charge in [-0.1, -0.05) is 62.4 Å². The molecule has 0 aromatic heterocycles. The molecule has 2 aromatic carbocycles. The molecule has 0 fully saturated rings. The molecule has 0 nitrogen and oxygen atoms in total. The van der Waals surface area contributed by atoms with Crippen LogP contribution in [0.3, 0.4) is 0 Å². The van der Waals surface area contributed by atoms with Gasteiger partial charge in [0.05, 0.1) is 0 Å². The fourth-order valence-corrected chi connectivity index (χ4v) is 2.96. The lowest BCUT2D eigenvalue weighted by Crippen LogP contribution is -2.54. The zero-order valence-electron chi connectivity index (χ0n) is 13.8. The fraction of sp³-hybridized carbons (Fsp3) is 0.368. The molecule has 6 heteroatoms. The molecule has 0 bridgehead atoms. The van der Waals surface area contributed by atoms with Gasteiger partial charge in [0, 0.05) is 0 Å². The van der Waals surface area contributed by atoms with E-state index in [1.54, 1.807) is 13.8 Å². The summed E-state index contributed by atoms with van der Waals surface area (Å²) in [7, 11) is 0. The topological polar surface area (TPSA) is 0 Å². The lowest BCUT2D eigenvalue weighted by molar-refractivity contribution is -0.288. The van der Waals surface area contributed by atoms with Gasteiger partial charge in [-0.05, 0) is 35.1 Å². The molecular weight excluding hydrogens is 342 g/mol. The van der Waals surface area contributed by atoms with E-state index in [0.29, 0.717) is 24.0 Å². The third-order valence-electron chi connectivity index (χ3n) is 4.44. The molecule has 0 spiro atoms. The Labute approximate surface area is 142 Å². The molecule has 2 rings (SSSR count). The Balaban J connectivity index is 2.80.